The van der Waals surface area contributed by atoms with E-state index in [1.807, 2.05) is 48.2 Å². The zero-order valence-corrected chi connectivity index (χ0v) is 28.8. The van der Waals surface area contributed by atoms with Gasteiger partial charge in [-0.3, -0.25) is 0 Å². The van der Waals surface area contributed by atoms with Crippen molar-refractivity contribution in [3.63, 3.8) is 0 Å². The molecule has 7 aromatic carbocycles. The van der Waals surface area contributed by atoms with Crippen LogP contribution in [0, 0.1) is 11.3 Å². The Kier molecular flexibility index (Phi) is 7.02. The highest BCUT2D eigenvalue weighted by Gasteiger charge is 2.51. The van der Waals surface area contributed by atoms with Gasteiger partial charge in [-0.05, 0) is 68.8 Å². The summed E-state index contributed by atoms with van der Waals surface area (Å²) in [5.74, 6) is 0.703. The largest absolute Gasteiger partial charge is 0.228 e. The van der Waals surface area contributed by atoms with Crippen LogP contribution < -0.4 is 0 Å². The number of rotatable bonds is 4. The van der Waals surface area contributed by atoms with Crippen LogP contribution >= 0.6 is 11.8 Å². The topological polar surface area (TPSA) is 49.6 Å². The van der Waals surface area contributed by atoms with E-state index in [0.717, 1.165) is 39.2 Å². The Hall–Kier alpha value is -6.54. The van der Waals surface area contributed by atoms with Crippen molar-refractivity contribution in [1.29, 1.82) is 5.26 Å². The third-order valence-corrected chi connectivity index (χ3v) is 11.6. The van der Waals surface area contributed by atoms with E-state index >= 15 is 0 Å². The first kappa shape index (κ1) is 30.3. The standard InChI is InChI=1S/C48H29N3S/c49-30-31-25-27-32(28-26-31)35-18-11-22-40-45(35)36-17-7-8-20-38(36)48(40)39-21-9-10-24-44(39)52-46-37(19-12-23-41(46)48)43-29-42(33-13-3-1-4-14-33)50-47(51-43)34-15-5-2-6-16-34/h1-29H. The molecule has 1 aliphatic carbocycles. The fourth-order valence-electron chi connectivity index (χ4n) is 8.20. The Bertz CT molecular complexity index is 2660. The van der Waals surface area contributed by atoms with E-state index in [2.05, 4.69) is 146 Å². The van der Waals surface area contributed by atoms with E-state index in [4.69, 9.17) is 9.97 Å². The van der Waals surface area contributed by atoms with Gasteiger partial charge in [0.25, 0.3) is 0 Å². The molecule has 1 spiro atoms. The highest BCUT2D eigenvalue weighted by atomic mass is 32.2. The molecule has 3 nitrogen and oxygen atoms in total. The molecule has 0 N–H and O–H groups in total. The van der Waals surface area contributed by atoms with Crippen LogP contribution in [0.25, 0.3) is 56.2 Å². The van der Waals surface area contributed by atoms with Crippen LogP contribution in [0.15, 0.2) is 186 Å². The number of hydrogen-bond donors (Lipinski definition) is 0. The van der Waals surface area contributed by atoms with Crippen molar-refractivity contribution in [2.45, 2.75) is 15.2 Å². The van der Waals surface area contributed by atoms with Crippen molar-refractivity contribution in [3.05, 3.63) is 204 Å². The van der Waals surface area contributed by atoms with Crippen molar-refractivity contribution in [2.24, 2.45) is 0 Å². The summed E-state index contributed by atoms with van der Waals surface area (Å²) < 4.78 is 0. The molecule has 0 radical (unpaired) electrons. The quantitative estimate of drug-likeness (QED) is 0.186. The van der Waals surface area contributed by atoms with Crippen LogP contribution in [0.1, 0.15) is 27.8 Å². The van der Waals surface area contributed by atoms with Crippen molar-refractivity contribution in [3.8, 4) is 62.2 Å². The van der Waals surface area contributed by atoms with Crippen LogP contribution in [-0.4, -0.2) is 9.97 Å². The second kappa shape index (κ2) is 12.1. The molecule has 1 unspecified atom stereocenters. The Morgan fingerprint density at radius 2 is 1.06 bits per heavy atom. The van der Waals surface area contributed by atoms with E-state index in [0.29, 0.717) is 11.4 Å². The first-order valence-electron chi connectivity index (χ1n) is 17.4. The lowest BCUT2D eigenvalue weighted by Gasteiger charge is -2.40. The minimum Gasteiger partial charge on any atom is -0.228 e. The Morgan fingerprint density at radius 1 is 0.462 bits per heavy atom. The van der Waals surface area contributed by atoms with Crippen LogP contribution in [0.4, 0.5) is 0 Å². The summed E-state index contributed by atoms with van der Waals surface area (Å²) in [5.41, 5.74) is 14.8. The lowest BCUT2D eigenvalue weighted by molar-refractivity contribution is 0.723. The minimum atomic E-state index is -0.556. The molecule has 2 aliphatic rings. The normalized spacial score (nSPS) is 14.9. The van der Waals surface area contributed by atoms with E-state index in [1.165, 1.54) is 43.2 Å². The molecule has 1 aliphatic heterocycles. The highest BCUT2D eigenvalue weighted by Crippen LogP contribution is 2.64. The van der Waals surface area contributed by atoms with Crippen LogP contribution in [-0.2, 0) is 5.41 Å². The Labute approximate surface area is 307 Å². The summed E-state index contributed by atoms with van der Waals surface area (Å²) in [6.07, 6.45) is 0. The van der Waals surface area contributed by atoms with Crippen molar-refractivity contribution in [2.75, 3.05) is 0 Å². The third-order valence-electron chi connectivity index (χ3n) is 10.4. The van der Waals surface area contributed by atoms with Crippen molar-refractivity contribution < 1.29 is 0 Å². The number of fused-ring (bicyclic) bond motifs is 9. The van der Waals surface area contributed by atoms with E-state index < -0.39 is 5.41 Å². The van der Waals surface area contributed by atoms with Gasteiger partial charge in [-0.25, -0.2) is 9.97 Å². The van der Waals surface area contributed by atoms with Gasteiger partial charge >= 0.3 is 0 Å². The van der Waals surface area contributed by atoms with Crippen LogP contribution in [0.5, 0.6) is 0 Å². The minimum absolute atomic E-state index is 0.556. The smallest absolute Gasteiger partial charge is 0.160 e. The molecule has 0 amide bonds. The molecule has 0 saturated carbocycles. The zero-order valence-electron chi connectivity index (χ0n) is 28.0. The van der Waals surface area contributed by atoms with Gasteiger partial charge in [0.15, 0.2) is 5.82 Å². The van der Waals surface area contributed by atoms with Gasteiger partial charge in [0.05, 0.1) is 28.4 Å². The summed E-state index contributed by atoms with van der Waals surface area (Å²) in [6.45, 7) is 0. The molecular formula is C48H29N3S. The number of nitriles is 1. The maximum atomic E-state index is 9.53. The average molecular weight is 680 g/mol. The molecule has 1 aromatic heterocycles. The number of hydrogen-bond acceptors (Lipinski definition) is 4. The summed E-state index contributed by atoms with van der Waals surface area (Å²) in [6, 6.07) is 64.3. The van der Waals surface area contributed by atoms with Crippen LogP contribution in [0.3, 0.4) is 0 Å². The number of aromatic nitrogens is 2. The fraction of sp³-hybridized carbons (Fsp3) is 0.0208. The van der Waals surface area contributed by atoms with Gasteiger partial charge in [-0.2, -0.15) is 5.26 Å². The van der Waals surface area contributed by atoms with Crippen LogP contribution in [0.2, 0.25) is 0 Å². The molecule has 8 aromatic rings. The lowest BCUT2D eigenvalue weighted by atomic mass is 9.67. The highest BCUT2D eigenvalue weighted by molar-refractivity contribution is 7.99. The van der Waals surface area contributed by atoms with Gasteiger partial charge in [0.1, 0.15) is 0 Å². The zero-order chi connectivity index (χ0) is 34.6. The van der Waals surface area contributed by atoms with E-state index in [9.17, 15) is 5.26 Å². The Morgan fingerprint density at radius 3 is 1.83 bits per heavy atom. The molecule has 0 fully saturated rings. The van der Waals surface area contributed by atoms with Crippen molar-refractivity contribution >= 4 is 11.8 Å². The summed E-state index contributed by atoms with van der Waals surface area (Å²) in [7, 11) is 0. The van der Waals surface area contributed by atoms with Crippen molar-refractivity contribution in [1.82, 2.24) is 9.97 Å². The third kappa shape index (κ3) is 4.53. The summed E-state index contributed by atoms with van der Waals surface area (Å²) >= 11 is 1.83. The summed E-state index contributed by atoms with van der Waals surface area (Å²) in [5, 5.41) is 9.53. The van der Waals surface area contributed by atoms with Gasteiger partial charge in [-0.15, -0.1) is 0 Å². The molecule has 0 saturated heterocycles. The van der Waals surface area contributed by atoms with E-state index in [-0.39, 0.29) is 0 Å². The maximum Gasteiger partial charge on any atom is 0.160 e. The first-order chi connectivity index (χ1) is 25.7. The molecule has 10 rings (SSSR count). The number of benzene rings is 7. The van der Waals surface area contributed by atoms with Gasteiger partial charge in [0.2, 0.25) is 0 Å². The van der Waals surface area contributed by atoms with E-state index in [1.54, 1.807) is 0 Å². The SMILES string of the molecule is N#Cc1ccc(-c2cccc3c2-c2ccccc2C32c3ccccc3Sc3c(-c4cc(-c5ccccc5)nc(-c5ccccc5)n4)cccc32)cc1. The maximum absolute atomic E-state index is 9.53. The fourth-order valence-corrected chi connectivity index (χ4v) is 9.51. The lowest BCUT2D eigenvalue weighted by Crippen LogP contribution is -2.32. The summed E-state index contributed by atoms with van der Waals surface area (Å²) in [4.78, 5) is 12.8. The van der Waals surface area contributed by atoms with Gasteiger partial charge in [-0.1, -0.05) is 163 Å². The second-order valence-electron chi connectivity index (χ2n) is 13.2. The molecule has 0 bridgehead atoms. The first-order valence-corrected chi connectivity index (χ1v) is 18.2. The second-order valence-corrected chi connectivity index (χ2v) is 14.2. The molecule has 4 heteroatoms. The van der Waals surface area contributed by atoms with Gasteiger partial charge < -0.3 is 0 Å². The number of nitrogens with zero attached hydrogens (tertiary/aromatic N) is 3. The Balaban J connectivity index is 1.27. The predicted molar refractivity (Wildman–Crippen MR) is 210 cm³/mol. The molecule has 1 atom stereocenters. The van der Waals surface area contributed by atoms with Gasteiger partial charge in [0, 0.05) is 26.5 Å². The predicted octanol–water partition coefficient (Wildman–Crippen LogP) is 11.8. The monoisotopic (exact) mass is 679 g/mol. The average Bonchev–Trinajstić information content (AvgIpc) is 3.52. The molecule has 52 heavy (non-hydrogen) atoms. The molecule has 2 heterocycles. The molecule has 242 valence electrons. The molecular weight excluding hydrogens is 651 g/mol.